The monoisotopic (exact) mass is 329 g/mol. The highest BCUT2D eigenvalue weighted by molar-refractivity contribution is 6.03. The van der Waals surface area contributed by atoms with Crippen LogP contribution in [0.1, 0.15) is 47.6 Å². The Morgan fingerprint density at radius 3 is 2.54 bits per heavy atom. The maximum absolute atomic E-state index is 12.2. The van der Waals surface area contributed by atoms with Gasteiger partial charge in [-0.1, -0.05) is 6.42 Å². The average molecular weight is 329 g/mol. The van der Waals surface area contributed by atoms with Crippen molar-refractivity contribution < 1.29 is 19.1 Å². The number of ether oxygens (including phenoxy) is 1. The summed E-state index contributed by atoms with van der Waals surface area (Å²) in [6.45, 7) is 3.66. The van der Waals surface area contributed by atoms with Crippen molar-refractivity contribution in [2.24, 2.45) is 0 Å². The van der Waals surface area contributed by atoms with Gasteiger partial charge >= 0.3 is 0 Å². The van der Waals surface area contributed by atoms with Crippen LogP contribution in [-0.2, 0) is 0 Å². The molecular formula is C19H23NO4. The Hall–Kier alpha value is -2.27. The fraction of sp³-hybridized carbons (Fsp3) is 0.421. The van der Waals surface area contributed by atoms with Crippen LogP contribution in [0.25, 0.3) is 0 Å². The zero-order valence-electron chi connectivity index (χ0n) is 14.0. The molecule has 1 aromatic carbocycles. The molecule has 0 bridgehead atoms. The maximum Gasteiger partial charge on any atom is 0.291 e. The number of hydrogen-bond donors (Lipinski definition) is 2. The van der Waals surface area contributed by atoms with Gasteiger partial charge in [-0.05, 0) is 63.4 Å². The molecule has 0 radical (unpaired) electrons. The van der Waals surface area contributed by atoms with Crippen LogP contribution in [0.5, 0.6) is 5.75 Å². The lowest BCUT2D eigenvalue weighted by Crippen LogP contribution is -2.34. The first-order chi connectivity index (χ1) is 11.5. The molecule has 1 saturated carbocycles. The van der Waals surface area contributed by atoms with Crippen LogP contribution < -0.4 is 10.1 Å². The van der Waals surface area contributed by atoms with Crippen LogP contribution in [0.4, 0.5) is 5.69 Å². The van der Waals surface area contributed by atoms with Crippen molar-refractivity contribution in [2.45, 2.75) is 51.7 Å². The van der Waals surface area contributed by atoms with Crippen molar-refractivity contribution in [1.29, 1.82) is 0 Å². The van der Waals surface area contributed by atoms with E-state index in [2.05, 4.69) is 5.32 Å². The van der Waals surface area contributed by atoms with Gasteiger partial charge in [-0.25, -0.2) is 0 Å². The summed E-state index contributed by atoms with van der Waals surface area (Å²) in [6.07, 6.45) is 3.25. The van der Waals surface area contributed by atoms with Gasteiger partial charge in [-0.3, -0.25) is 4.79 Å². The van der Waals surface area contributed by atoms with E-state index in [9.17, 15) is 9.90 Å². The van der Waals surface area contributed by atoms with Crippen LogP contribution in [0, 0.1) is 13.8 Å². The Balaban J connectivity index is 1.62. The highest BCUT2D eigenvalue weighted by Crippen LogP contribution is 2.25. The largest absolute Gasteiger partial charge is 0.488 e. The molecule has 5 nitrogen and oxygen atoms in total. The second kappa shape index (κ2) is 7.09. The molecule has 1 fully saturated rings. The lowest BCUT2D eigenvalue weighted by molar-refractivity contribution is 0.00688. The van der Waals surface area contributed by atoms with E-state index < -0.39 is 6.10 Å². The molecule has 2 aromatic rings. The second-order valence-electron chi connectivity index (χ2n) is 6.36. The molecule has 3 rings (SSSR count). The van der Waals surface area contributed by atoms with Crippen molar-refractivity contribution in [1.82, 2.24) is 0 Å². The fourth-order valence-corrected chi connectivity index (χ4v) is 3.06. The topological polar surface area (TPSA) is 71.7 Å². The summed E-state index contributed by atoms with van der Waals surface area (Å²) < 4.78 is 11.3. The highest BCUT2D eigenvalue weighted by atomic mass is 16.5. The van der Waals surface area contributed by atoms with E-state index >= 15 is 0 Å². The summed E-state index contributed by atoms with van der Waals surface area (Å²) in [6, 6.07) is 9.01. The second-order valence-corrected chi connectivity index (χ2v) is 6.36. The molecule has 1 aliphatic rings. The van der Waals surface area contributed by atoms with Crippen LogP contribution in [-0.4, -0.2) is 23.2 Å². The van der Waals surface area contributed by atoms with Gasteiger partial charge in [0.2, 0.25) is 0 Å². The molecule has 2 atom stereocenters. The Kier molecular flexibility index (Phi) is 4.90. The van der Waals surface area contributed by atoms with Crippen molar-refractivity contribution in [3.8, 4) is 5.75 Å². The number of aliphatic hydroxyl groups excluding tert-OH is 1. The lowest BCUT2D eigenvalue weighted by Gasteiger charge is -2.28. The standard InChI is InChI=1S/C19H23NO4/c1-12-11-13(2)23-18(12)19(22)20-14-7-9-15(10-8-14)24-17-6-4-3-5-16(17)21/h7-11,16-17,21H,3-6H2,1-2H3,(H,20,22). The maximum atomic E-state index is 12.2. The van der Waals surface area contributed by atoms with Crippen LogP contribution in [0.2, 0.25) is 0 Å². The minimum absolute atomic E-state index is 0.145. The van der Waals surface area contributed by atoms with E-state index in [1.54, 1.807) is 24.3 Å². The highest BCUT2D eigenvalue weighted by Gasteiger charge is 2.24. The van der Waals surface area contributed by atoms with Crippen LogP contribution in [0.3, 0.4) is 0 Å². The van der Waals surface area contributed by atoms with Crippen molar-refractivity contribution >= 4 is 11.6 Å². The molecule has 0 spiro atoms. The van der Waals surface area contributed by atoms with E-state index in [0.29, 0.717) is 23.0 Å². The Labute approximate surface area is 141 Å². The molecule has 1 heterocycles. The van der Waals surface area contributed by atoms with E-state index in [1.807, 2.05) is 19.9 Å². The van der Waals surface area contributed by atoms with E-state index in [-0.39, 0.29) is 12.0 Å². The summed E-state index contributed by atoms with van der Waals surface area (Å²) in [5, 5.41) is 12.8. The van der Waals surface area contributed by atoms with Gasteiger partial charge in [0.15, 0.2) is 5.76 Å². The average Bonchev–Trinajstić information content (AvgIpc) is 2.90. The number of carbonyl (C=O) groups excluding carboxylic acids is 1. The summed E-state index contributed by atoms with van der Waals surface area (Å²) in [5.41, 5.74) is 1.49. The summed E-state index contributed by atoms with van der Waals surface area (Å²) >= 11 is 0. The summed E-state index contributed by atoms with van der Waals surface area (Å²) in [4.78, 5) is 12.2. The van der Waals surface area contributed by atoms with Crippen LogP contribution in [0.15, 0.2) is 34.7 Å². The molecule has 1 aliphatic carbocycles. The number of aryl methyl sites for hydroxylation is 2. The van der Waals surface area contributed by atoms with Crippen molar-refractivity contribution in [2.75, 3.05) is 5.32 Å². The number of rotatable bonds is 4. The minimum Gasteiger partial charge on any atom is -0.488 e. The van der Waals surface area contributed by atoms with E-state index in [0.717, 1.165) is 31.2 Å². The molecule has 0 aliphatic heterocycles. The Morgan fingerprint density at radius 1 is 1.21 bits per heavy atom. The third-order valence-electron chi connectivity index (χ3n) is 4.31. The first-order valence-corrected chi connectivity index (χ1v) is 8.36. The van der Waals surface area contributed by atoms with Gasteiger partial charge in [0.25, 0.3) is 5.91 Å². The number of aliphatic hydroxyl groups is 1. The SMILES string of the molecule is Cc1cc(C)c(C(=O)Nc2ccc(OC3CCCCC3O)cc2)o1. The van der Waals surface area contributed by atoms with Gasteiger partial charge in [-0.15, -0.1) is 0 Å². The summed E-state index contributed by atoms with van der Waals surface area (Å²) in [5.74, 6) is 1.48. The zero-order valence-corrected chi connectivity index (χ0v) is 14.0. The number of carbonyl (C=O) groups is 1. The number of benzene rings is 1. The number of amides is 1. The smallest absolute Gasteiger partial charge is 0.291 e. The Bertz CT molecular complexity index is 705. The lowest BCUT2D eigenvalue weighted by atomic mass is 9.95. The molecular weight excluding hydrogens is 306 g/mol. The molecule has 2 unspecified atom stereocenters. The molecule has 2 N–H and O–H groups in total. The predicted octanol–water partition coefficient (Wildman–Crippen LogP) is 3.83. The fourth-order valence-electron chi connectivity index (χ4n) is 3.06. The van der Waals surface area contributed by atoms with Crippen molar-refractivity contribution in [3.05, 3.63) is 47.4 Å². The van der Waals surface area contributed by atoms with E-state index in [1.165, 1.54) is 0 Å². The van der Waals surface area contributed by atoms with E-state index in [4.69, 9.17) is 9.15 Å². The van der Waals surface area contributed by atoms with Gasteiger partial charge < -0.3 is 19.6 Å². The molecule has 0 saturated heterocycles. The molecule has 1 amide bonds. The summed E-state index contributed by atoms with van der Waals surface area (Å²) in [7, 11) is 0. The van der Waals surface area contributed by atoms with Gasteiger partial charge in [-0.2, -0.15) is 0 Å². The first-order valence-electron chi connectivity index (χ1n) is 8.36. The van der Waals surface area contributed by atoms with Gasteiger partial charge in [0, 0.05) is 11.3 Å². The molecule has 128 valence electrons. The quantitative estimate of drug-likeness (QED) is 0.894. The third kappa shape index (κ3) is 3.79. The zero-order chi connectivity index (χ0) is 17.1. The van der Waals surface area contributed by atoms with Gasteiger partial charge in [0.05, 0.1) is 6.10 Å². The Morgan fingerprint density at radius 2 is 1.92 bits per heavy atom. The third-order valence-corrected chi connectivity index (χ3v) is 4.31. The molecule has 24 heavy (non-hydrogen) atoms. The minimum atomic E-state index is -0.400. The van der Waals surface area contributed by atoms with Crippen LogP contribution >= 0.6 is 0 Å². The number of furan rings is 1. The molecule has 1 aromatic heterocycles. The van der Waals surface area contributed by atoms with Gasteiger partial charge in [0.1, 0.15) is 17.6 Å². The van der Waals surface area contributed by atoms with Crippen molar-refractivity contribution in [3.63, 3.8) is 0 Å². The number of anilines is 1. The number of hydrogen-bond acceptors (Lipinski definition) is 4. The normalized spacial score (nSPS) is 20.6. The molecule has 5 heteroatoms. The predicted molar refractivity (Wildman–Crippen MR) is 91.5 cm³/mol. The first kappa shape index (κ1) is 16.6. The number of nitrogens with one attached hydrogen (secondary N) is 1.